The Morgan fingerprint density at radius 1 is 1.30 bits per heavy atom. The van der Waals surface area contributed by atoms with Crippen LogP contribution in [0.15, 0.2) is 42.6 Å². The second-order valence-electron chi connectivity index (χ2n) is 4.61. The van der Waals surface area contributed by atoms with Crippen LogP contribution in [-0.2, 0) is 6.54 Å². The smallest absolute Gasteiger partial charge is 0.251 e. The van der Waals surface area contributed by atoms with E-state index in [1.54, 1.807) is 30.5 Å². The molecular formula is C15H16ClN3O. The maximum atomic E-state index is 12.0. The Balaban J connectivity index is 2.02. The number of carbonyl (C=O) groups is 1. The summed E-state index contributed by atoms with van der Waals surface area (Å²) in [6, 6.07) is 10.7. The van der Waals surface area contributed by atoms with Crippen molar-refractivity contribution in [1.82, 2.24) is 10.3 Å². The average Bonchev–Trinajstić information content (AvgIpc) is 2.45. The number of nitrogens with zero attached hydrogens (tertiary/aromatic N) is 2. The summed E-state index contributed by atoms with van der Waals surface area (Å²) < 4.78 is 0. The van der Waals surface area contributed by atoms with Crippen molar-refractivity contribution in [3.63, 3.8) is 0 Å². The van der Waals surface area contributed by atoms with Crippen LogP contribution in [0.4, 0.5) is 5.82 Å². The molecule has 5 heteroatoms. The maximum Gasteiger partial charge on any atom is 0.251 e. The first-order valence-corrected chi connectivity index (χ1v) is 6.60. The van der Waals surface area contributed by atoms with Gasteiger partial charge in [-0.25, -0.2) is 4.98 Å². The van der Waals surface area contributed by atoms with Gasteiger partial charge in [-0.1, -0.05) is 17.7 Å². The summed E-state index contributed by atoms with van der Waals surface area (Å²) in [4.78, 5) is 18.1. The molecule has 104 valence electrons. The lowest BCUT2D eigenvalue weighted by Crippen LogP contribution is -2.23. The highest BCUT2D eigenvalue weighted by atomic mass is 35.5. The van der Waals surface area contributed by atoms with Crippen molar-refractivity contribution in [1.29, 1.82) is 0 Å². The van der Waals surface area contributed by atoms with E-state index in [1.807, 2.05) is 31.1 Å². The molecule has 0 saturated carbocycles. The van der Waals surface area contributed by atoms with Gasteiger partial charge < -0.3 is 10.2 Å². The molecule has 0 unspecified atom stereocenters. The minimum atomic E-state index is -0.143. The van der Waals surface area contributed by atoms with Gasteiger partial charge in [0, 0.05) is 37.4 Å². The number of hydrogen-bond donors (Lipinski definition) is 1. The maximum absolute atomic E-state index is 12.0. The first-order chi connectivity index (χ1) is 9.56. The number of carbonyl (C=O) groups excluding carboxylic acids is 1. The van der Waals surface area contributed by atoms with Gasteiger partial charge >= 0.3 is 0 Å². The molecule has 1 aromatic heterocycles. The van der Waals surface area contributed by atoms with E-state index < -0.39 is 0 Å². The number of halogens is 1. The monoisotopic (exact) mass is 289 g/mol. The van der Waals surface area contributed by atoms with Crippen LogP contribution in [0.5, 0.6) is 0 Å². The van der Waals surface area contributed by atoms with Crippen LogP contribution in [0.3, 0.4) is 0 Å². The summed E-state index contributed by atoms with van der Waals surface area (Å²) in [6.45, 7) is 0.453. The van der Waals surface area contributed by atoms with Gasteiger partial charge in [-0.05, 0) is 35.9 Å². The van der Waals surface area contributed by atoms with E-state index in [0.29, 0.717) is 17.1 Å². The van der Waals surface area contributed by atoms with E-state index in [2.05, 4.69) is 10.3 Å². The highest BCUT2D eigenvalue weighted by Gasteiger charge is 2.06. The Morgan fingerprint density at radius 2 is 2.10 bits per heavy atom. The van der Waals surface area contributed by atoms with Crippen molar-refractivity contribution in [2.75, 3.05) is 19.0 Å². The topological polar surface area (TPSA) is 45.2 Å². The zero-order chi connectivity index (χ0) is 14.5. The standard InChI is InChI=1S/C15H16ClN3O/c1-19(2)14-8-11(6-7-17-14)10-18-15(20)12-4-3-5-13(16)9-12/h3-9H,10H2,1-2H3,(H,18,20). The highest BCUT2D eigenvalue weighted by Crippen LogP contribution is 2.12. The second-order valence-corrected chi connectivity index (χ2v) is 5.05. The quantitative estimate of drug-likeness (QED) is 0.941. The van der Waals surface area contributed by atoms with Crippen LogP contribution in [0.2, 0.25) is 5.02 Å². The van der Waals surface area contributed by atoms with E-state index in [0.717, 1.165) is 11.4 Å². The number of benzene rings is 1. The molecule has 2 rings (SSSR count). The molecule has 0 aliphatic rings. The Hall–Kier alpha value is -2.07. The lowest BCUT2D eigenvalue weighted by molar-refractivity contribution is 0.0951. The fourth-order valence-electron chi connectivity index (χ4n) is 1.73. The number of aromatic nitrogens is 1. The van der Waals surface area contributed by atoms with Crippen molar-refractivity contribution in [3.05, 3.63) is 58.7 Å². The molecule has 0 aliphatic heterocycles. The lowest BCUT2D eigenvalue weighted by atomic mass is 10.2. The number of rotatable bonds is 4. The third kappa shape index (κ3) is 3.71. The van der Waals surface area contributed by atoms with Gasteiger partial charge in [0.2, 0.25) is 0 Å². The summed E-state index contributed by atoms with van der Waals surface area (Å²) in [5.74, 6) is 0.718. The molecule has 0 radical (unpaired) electrons. The van der Waals surface area contributed by atoms with E-state index >= 15 is 0 Å². The van der Waals surface area contributed by atoms with Gasteiger partial charge in [0.05, 0.1) is 0 Å². The molecular weight excluding hydrogens is 274 g/mol. The molecule has 0 fully saturated rings. The zero-order valence-corrected chi connectivity index (χ0v) is 12.2. The fraction of sp³-hybridized carbons (Fsp3) is 0.200. The summed E-state index contributed by atoms with van der Waals surface area (Å²) in [7, 11) is 3.85. The summed E-state index contributed by atoms with van der Waals surface area (Å²) >= 11 is 5.87. The molecule has 1 aromatic carbocycles. The van der Waals surface area contributed by atoms with Crippen molar-refractivity contribution in [3.8, 4) is 0 Å². The normalized spacial score (nSPS) is 10.2. The third-order valence-corrected chi connectivity index (χ3v) is 3.04. The van der Waals surface area contributed by atoms with Crippen molar-refractivity contribution >= 4 is 23.3 Å². The van der Waals surface area contributed by atoms with Crippen LogP contribution < -0.4 is 10.2 Å². The molecule has 1 amide bonds. The SMILES string of the molecule is CN(C)c1cc(CNC(=O)c2cccc(Cl)c2)ccn1. The molecule has 4 nitrogen and oxygen atoms in total. The molecule has 0 aliphatic carbocycles. The average molecular weight is 290 g/mol. The number of nitrogens with one attached hydrogen (secondary N) is 1. The predicted octanol–water partition coefficient (Wildman–Crippen LogP) is 2.73. The zero-order valence-electron chi connectivity index (χ0n) is 11.4. The predicted molar refractivity (Wildman–Crippen MR) is 81.2 cm³/mol. The minimum Gasteiger partial charge on any atom is -0.363 e. The Kier molecular flexibility index (Phi) is 4.58. The largest absolute Gasteiger partial charge is 0.363 e. The Bertz CT molecular complexity index is 614. The number of pyridine rings is 1. The van der Waals surface area contributed by atoms with Crippen LogP contribution in [-0.4, -0.2) is 25.0 Å². The third-order valence-electron chi connectivity index (χ3n) is 2.81. The molecule has 2 aromatic rings. The molecule has 0 bridgehead atoms. The second kappa shape index (κ2) is 6.39. The fourth-order valence-corrected chi connectivity index (χ4v) is 1.92. The van der Waals surface area contributed by atoms with Crippen molar-refractivity contribution in [2.45, 2.75) is 6.54 Å². The van der Waals surface area contributed by atoms with Crippen LogP contribution in [0, 0.1) is 0 Å². The first kappa shape index (κ1) is 14.3. The van der Waals surface area contributed by atoms with E-state index in [-0.39, 0.29) is 5.91 Å². The molecule has 20 heavy (non-hydrogen) atoms. The molecule has 1 heterocycles. The Labute approximate surface area is 123 Å². The molecule has 0 spiro atoms. The van der Waals surface area contributed by atoms with Gasteiger partial charge in [-0.15, -0.1) is 0 Å². The lowest BCUT2D eigenvalue weighted by Gasteiger charge is -2.12. The van der Waals surface area contributed by atoms with Crippen molar-refractivity contribution in [2.24, 2.45) is 0 Å². The van der Waals surface area contributed by atoms with Gasteiger partial charge in [0.25, 0.3) is 5.91 Å². The van der Waals surface area contributed by atoms with E-state index in [9.17, 15) is 4.79 Å². The van der Waals surface area contributed by atoms with Crippen LogP contribution >= 0.6 is 11.6 Å². The Morgan fingerprint density at radius 3 is 2.80 bits per heavy atom. The summed E-state index contributed by atoms with van der Waals surface area (Å²) in [5.41, 5.74) is 1.55. The molecule has 0 atom stereocenters. The summed E-state index contributed by atoms with van der Waals surface area (Å²) in [6.07, 6.45) is 1.73. The highest BCUT2D eigenvalue weighted by molar-refractivity contribution is 6.30. The van der Waals surface area contributed by atoms with Gasteiger partial charge in [-0.3, -0.25) is 4.79 Å². The first-order valence-electron chi connectivity index (χ1n) is 6.22. The van der Waals surface area contributed by atoms with Crippen LogP contribution in [0.25, 0.3) is 0 Å². The van der Waals surface area contributed by atoms with E-state index in [1.165, 1.54) is 0 Å². The number of hydrogen-bond acceptors (Lipinski definition) is 3. The van der Waals surface area contributed by atoms with Gasteiger partial charge in [0.15, 0.2) is 0 Å². The number of amides is 1. The molecule has 0 saturated heterocycles. The van der Waals surface area contributed by atoms with E-state index in [4.69, 9.17) is 11.6 Å². The van der Waals surface area contributed by atoms with Gasteiger partial charge in [-0.2, -0.15) is 0 Å². The van der Waals surface area contributed by atoms with Crippen molar-refractivity contribution < 1.29 is 4.79 Å². The van der Waals surface area contributed by atoms with Gasteiger partial charge in [0.1, 0.15) is 5.82 Å². The minimum absolute atomic E-state index is 0.143. The number of anilines is 1. The summed E-state index contributed by atoms with van der Waals surface area (Å²) in [5, 5.41) is 3.42. The molecule has 1 N–H and O–H groups in total. The van der Waals surface area contributed by atoms with Crippen LogP contribution in [0.1, 0.15) is 15.9 Å².